The van der Waals surface area contributed by atoms with Crippen molar-refractivity contribution >= 4 is 27.5 Å². The highest BCUT2D eigenvalue weighted by Crippen LogP contribution is 2.27. The van der Waals surface area contributed by atoms with Crippen molar-refractivity contribution in [1.82, 2.24) is 0 Å². The number of halogens is 1. The molecule has 5 heteroatoms. The van der Waals surface area contributed by atoms with Gasteiger partial charge in [-0.1, -0.05) is 6.42 Å². The number of rotatable bonds is 2. The summed E-state index contributed by atoms with van der Waals surface area (Å²) in [4.78, 5) is 12.2. The zero-order valence-corrected chi connectivity index (χ0v) is 12.1. The molecular formula is C14H16BrN3O. The van der Waals surface area contributed by atoms with Crippen LogP contribution in [-0.2, 0) is 4.79 Å². The molecule has 0 saturated heterocycles. The Morgan fingerprint density at radius 3 is 2.89 bits per heavy atom. The number of hydrogen-bond acceptors (Lipinski definition) is 3. The standard InChI is InChI=1S/C14H16BrN3O/c15-12-6-9(8-16)4-5-13(12)18-14(19)10-2-1-3-11(17)7-10/h4-6,10-11H,1-3,7,17H2,(H,18,19). The fraction of sp³-hybridized carbons (Fsp3) is 0.429. The number of benzene rings is 1. The van der Waals surface area contributed by atoms with E-state index in [2.05, 4.69) is 27.3 Å². The molecule has 0 heterocycles. The lowest BCUT2D eigenvalue weighted by molar-refractivity contribution is -0.120. The molecule has 100 valence electrons. The van der Waals surface area contributed by atoms with Crippen molar-refractivity contribution in [3.63, 3.8) is 0 Å². The number of amides is 1. The minimum atomic E-state index is -0.00806. The molecule has 0 radical (unpaired) electrons. The van der Waals surface area contributed by atoms with Crippen LogP contribution in [-0.4, -0.2) is 11.9 Å². The Labute approximate surface area is 121 Å². The highest BCUT2D eigenvalue weighted by atomic mass is 79.9. The lowest BCUT2D eigenvalue weighted by Gasteiger charge is -2.25. The number of hydrogen-bond donors (Lipinski definition) is 2. The van der Waals surface area contributed by atoms with E-state index in [1.165, 1.54) is 0 Å². The van der Waals surface area contributed by atoms with Gasteiger partial charge in [0.1, 0.15) is 0 Å². The van der Waals surface area contributed by atoms with E-state index in [9.17, 15) is 4.79 Å². The van der Waals surface area contributed by atoms with Crippen LogP contribution in [0.2, 0.25) is 0 Å². The second-order valence-corrected chi connectivity index (χ2v) is 5.77. The second-order valence-electron chi connectivity index (χ2n) is 4.92. The Bertz CT molecular complexity index is 524. The average molecular weight is 322 g/mol. The molecule has 1 amide bonds. The molecule has 0 aromatic heterocycles. The summed E-state index contributed by atoms with van der Waals surface area (Å²) >= 11 is 3.36. The quantitative estimate of drug-likeness (QED) is 0.879. The third-order valence-corrected chi connectivity index (χ3v) is 4.10. The monoisotopic (exact) mass is 321 g/mol. The minimum absolute atomic E-state index is 0.00806. The maximum absolute atomic E-state index is 12.2. The van der Waals surface area contributed by atoms with Crippen LogP contribution in [0.4, 0.5) is 5.69 Å². The van der Waals surface area contributed by atoms with Crippen molar-refractivity contribution in [2.24, 2.45) is 11.7 Å². The lowest BCUT2D eigenvalue weighted by Crippen LogP contribution is -2.34. The van der Waals surface area contributed by atoms with Gasteiger partial charge in [-0.3, -0.25) is 4.79 Å². The van der Waals surface area contributed by atoms with Crippen LogP contribution < -0.4 is 11.1 Å². The molecule has 4 nitrogen and oxygen atoms in total. The molecule has 2 unspecified atom stereocenters. The van der Waals surface area contributed by atoms with Crippen LogP contribution in [0, 0.1) is 17.2 Å². The number of carbonyl (C=O) groups is 1. The molecule has 2 rings (SSSR count). The van der Waals surface area contributed by atoms with Gasteiger partial charge in [0, 0.05) is 16.4 Å². The first kappa shape index (κ1) is 14.0. The molecular weight excluding hydrogens is 306 g/mol. The van der Waals surface area contributed by atoms with E-state index < -0.39 is 0 Å². The Morgan fingerprint density at radius 1 is 1.47 bits per heavy atom. The lowest BCUT2D eigenvalue weighted by atomic mass is 9.85. The molecule has 1 fully saturated rings. The fourth-order valence-electron chi connectivity index (χ4n) is 2.39. The summed E-state index contributed by atoms with van der Waals surface area (Å²) in [5.41, 5.74) is 7.16. The third-order valence-electron chi connectivity index (χ3n) is 3.44. The van der Waals surface area contributed by atoms with Gasteiger partial charge in [0.05, 0.1) is 17.3 Å². The summed E-state index contributed by atoms with van der Waals surface area (Å²) in [5.74, 6) is 0.00634. The summed E-state index contributed by atoms with van der Waals surface area (Å²) < 4.78 is 0.722. The normalized spacial score (nSPS) is 22.6. The minimum Gasteiger partial charge on any atom is -0.328 e. The van der Waals surface area contributed by atoms with Crippen LogP contribution in [0.5, 0.6) is 0 Å². The van der Waals surface area contributed by atoms with E-state index in [1.807, 2.05) is 0 Å². The molecule has 1 aliphatic rings. The number of anilines is 1. The summed E-state index contributed by atoms with van der Waals surface area (Å²) in [5, 5.41) is 11.7. The molecule has 0 spiro atoms. The van der Waals surface area contributed by atoms with Crippen molar-refractivity contribution < 1.29 is 4.79 Å². The Kier molecular flexibility index (Phi) is 4.56. The SMILES string of the molecule is N#Cc1ccc(NC(=O)C2CCCC(N)C2)c(Br)c1. The highest BCUT2D eigenvalue weighted by molar-refractivity contribution is 9.10. The van der Waals surface area contributed by atoms with E-state index in [4.69, 9.17) is 11.0 Å². The first-order valence-electron chi connectivity index (χ1n) is 6.36. The van der Waals surface area contributed by atoms with Crippen molar-refractivity contribution in [1.29, 1.82) is 5.26 Å². The molecule has 19 heavy (non-hydrogen) atoms. The van der Waals surface area contributed by atoms with E-state index in [0.29, 0.717) is 11.3 Å². The van der Waals surface area contributed by atoms with Crippen molar-refractivity contribution in [2.45, 2.75) is 31.7 Å². The Morgan fingerprint density at radius 2 is 2.26 bits per heavy atom. The summed E-state index contributed by atoms with van der Waals surface area (Å²) in [6.45, 7) is 0. The number of nitriles is 1. The maximum Gasteiger partial charge on any atom is 0.227 e. The molecule has 3 N–H and O–H groups in total. The Hall–Kier alpha value is -1.38. The van der Waals surface area contributed by atoms with E-state index in [-0.39, 0.29) is 17.9 Å². The van der Waals surface area contributed by atoms with E-state index >= 15 is 0 Å². The van der Waals surface area contributed by atoms with Gasteiger partial charge < -0.3 is 11.1 Å². The molecule has 1 aromatic carbocycles. The van der Waals surface area contributed by atoms with Gasteiger partial charge in [0.25, 0.3) is 0 Å². The number of nitrogens with zero attached hydrogens (tertiary/aromatic N) is 1. The molecule has 1 aromatic rings. The fourth-order valence-corrected chi connectivity index (χ4v) is 2.86. The van der Waals surface area contributed by atoms with Gasteiger partial charge in [-0.05, 0) is 53.4 Å². The smallest absolute Gasteiger partial charge is 0.227 e. The average Bonchev–Trinajstić information content (AvgIpc) is 2.41. The molecule has 0 aliphatic heterocycles. The highest BCUT2D eigenvalue weighted by Gasteiger charge is 2.25. The topological polar surface area (TPSA) is 78.9 Å². The van der Waals surface area contributed by atoms with Crippen molar-refractivity contribution in [3.05, 3.63) is 28.2 Å². The largest absolute Gasteiger partial charge is 0.328 e. The van der Waals surface area contributed by atoms with E-state index in [1.54, 1.807) is 18.2 Å². The van der Waals surface area contributed by atoms with Gasteiger partial charge in [0.2, 0.25) is 5.91 Å². The van der Waals surface area contributed by atoms with Crippen LogP contribution >= 0.6 is 15.9 Å². The Balaban J connectivity index is 2.04. The van der Waals surface area contributed by atoms with E-state index in [0.717, 1.165) is 30.2 Å². The van der Waals surface area contributed by atoms with Crippen molar-refractivity contribution in [3.8, 4) is 6.07 Å². The predicted molar refractivity (Wildman–Crippen MR) is 77.4 cm³/mol. The number of carbonyl (C=O) groups excluding carboxylic acids is 1. The first-order valence-corrected chi connectivity index (χ1v) is 7.15. The van der Waals surface area contributed by atoms with Gasteiger partial charge in [-0.2, -0.15) is 5.26 Å². The van der Waals surface area contributed by atoms with Crippen LogP contribution in [0.15, 0.2) is 22.7 Å². The van der Waals surface area contributed by atoms with Crippen LogP contribution in [0.1, 0.15) is 31.2 Å². The zero-order chi connectivity index (χ0) is 13.8. The summed E-state index contributed by atoms with van der Waals surface area (Å²) in [7, 11) is 0. The summed E-state index contributed by atoms with van der Waals surface area (Å²) in [6, 6.07) is 7.32. The summed E-state index contributed by atoms with van der Waals surface area (Å²) in [6.07, 6.45) is 3.66. The zero-order valence-electron chi connectivity index (χ0n) is 10.5. The van der Waals surface area contributed by atoms with Crippen LogP contribution in [0.25, 0.3) is 0 Å². The number of nitrogens with one attached hydrogen (secondary N) is 1. The van der Waals surface area contributed by atoms with Crippen molar-refractivity contribution in [2.75, 3.05) is 5.32 Å². The van der Waals surface area contributed by atoms with Gasteiger partial charge in [0.15, 0.2) is 0 Å². The maximum atomic E-state index is 12.2. The second kappa shape index (κ2) is 6.18. The molecule has 1 aliphatic carbocycles. The third kappa shape index (κ3) is 3.55. The molecule has 1 saturated carbocycles. The number of nitrogens with two attached hydrogens (primary N) is 1. The predicted octanol–water partition coefficient (Wildman–Crippen LogP) is 2.78. The molecule has 2 atom stereocenters. The first-order chi connectivity index (χ1) is 9.10. The molecule has 0 bridgehead atoms. The van der Waals surface area contributed by atoms with Gasteiger partial charge in [-0.25, -0.2) is 0 Å². The van der Waals surface area contributed by atoms with Gasteiger partial charge >= 0.3 is 0 Å². The van der Waals surface area contributed by atoms with Gasteiger partial charge in [-0.15, -0.1) is 0 Å². The van der Waals surface area contributed by atoms with Crippen LogP contribution in [0.3, 0.4) is 0 Å².